The molecule has 0 unspecified atom stereocenters. The van der Waals surface area contributed by atoms with E-state index in [-0.39, 0.29) is 61.0 Å². The normalized spacial score (nSPS) is 14.3. The van der Waals surface area contributed by atoms with Crippen molar-refractivity contribution in [3.8, 4) is 50.4 Å². The maximum atomic E-state index is 10.1. The standard InChI is InChI=1S/C110H96BN5O/c1-106(2,3)70-43-52-92-84(57-70)85-58-71(107(4,5)6)44-53-93(85)113(92)76-48-51-89-97(64-76)116(105-78(67-31-19-16-20-32-67)49-56-101-102(105)81-39-27-30-42-100(81)117-101)99-66-77(114-94-54-45-72(108(7,8)9)59-86(94)87-60-73(109(10,11)12)46-55-95(87)114)65-98-103(99)111(89)88-50-47-75(112-90-40-28-25-37-79(90)80-38-26-29-41-91(80)112)63-96(88)115(98)104-82(68-33-21-17-22-34-68)61-74(110(13,14)15)62-83(104)69-35-23-18-24-36-69/h16-66H,1-15H3/i25D,26D,28D,29D,37D,38D,40D,41D. The molecule has 2 aliphatic heterocycles. The Kier molecular flexibility index (Phi) is 14.0. The van der Waals surface area contributed by atoms with Gasteiger partial charge in [-0.05, 0) is 215 Å². The van der Waals surface area contributed by atoms with Crippen LogP contribution in [-0.4, -0.2) is 20.4 Å². The van der Waals surface area contributed by atoms with Gasteiger partial charge in [0.2, 0.25) is 0 Å². The Hall–Kier alpha value is -12.8. The van der Waals surface area contributed by atoms with Crippen LogP contribution in [0.15, 0.2) is 314 Å². The van der Waals surface area contributed by atoms with Crippen molar-refractivity contribution < 1.29 is 15.4 Å². The van der Waals surface area contributed by atoms with Crippen LogP contribution in [0.3, 0.4) is 0 Å². The van der Waals surface area contributed by atoms with Crippen molar-refractivity contribution in [3.63, 3.8) is 0 Å². The third kappa shape index (κ3) is 11.3. The predicted molar refractivity (Wildman–Crippen MR) is 501 cm³/mol. The van der Waals surface area contributed by atoms with Gasteiger partial charge in [-0.3, -0.25) is 0 Å². The second-order valence-corrected chi connectivity index (χ2v) is 37.6. The predicted octanol–water partition coefficient (Wildman–Crippen LogP) is 28.4. The van der Waals surface area contributed by atoms with Gasteiger partial charge in [0.05, 0.1) is 66.5 Å². The largest absolute Gasteiger partial charge is 0.456 e. The molecule has 0 amide bonds. The van der Waals surface area contributed by atoms with E-state index >= 15 is 0 Å². The summed E-state index contributed by atoms with van der Waals surface area (Å²) in [5.41, 5.74) is 26.8. The Balaban J connectivity index is 1.00. The van der Waals surface area contributed by atoms with E-state index < -0.39 is 43.0 Å². The fourth-order valence-corrected chi connectivity index (χ4v) is 18.9. The van der Waals surface area contributed by atoms with Crippen LogP contribution < -0.4 is 26.2 Å². The molecule has 0 atom stereocenters. The summed E-state index contributed by atoms with van der Waals surface area (Å²) in [6.07, 6.45) is 0. The minimum atomic E-state index is -0.597. The highest BCUT2D eigenvalue weighted by atomic mass is 16.3. The molecule has 19 aromatic rings. The summed E-state index contributed by atoms with van der Waals surface area (Å²) < 4.78 is 90.9. The average molecular weight is 1520 g/mol. The molecule has 0 radical (unpaired) electrons. The fraction of sp³-hybridized carbons (Fsp3) is 0.182. The molecule has 7 heteroatoms. The topological polar surface area (TPSA) is 34.4 Å². The molecule has 2 aliphatic rings. The second kappa shape index (κ2) is 25.8. The summed E-state index contributed by atoms with van der Waals surface area (Å²) >= 11 is 0. The van der Waals surface area contributed by atoms with Crippen molar-refractivity contribution in [2.45, 2.75) is 131 Å². The summed E-state index contributed by atoms with van der Waals surface area (Å²) in [6.45, 7) is 33.7. The number of furan rings is 1. The van der Waals surface area contributed by atoms with Gasteiger partial charge in [-0.2, -0.15) is 0 Å². The van der Waals surface area contributed by atoms with E-state index in [0.29, 0.717) is 5.69 Å². The van der Waals surface area contributed by atoms with Crippen LogP contribution >= 0.6 is 0 Å². The Morgan fingerprint density at radius 3 is 1.07 bits per heavy atom. The van der Waals surface area contributed by atoms with Crippen LogP contribution in [0.4, 0.5) is 34.1 Å². The van der Waals surface area contributed by atoms with Crippen molar-refractivity contribution in [1.29, 1.82) is 0 Å². The van der Waals surface area contributed by atoms with Crippen LogP contribution in [0.1, 0.15) is 143 Å². The number of anilines is 6. The van der Waals surface area contributed by atoms with Crippen molar-refractivity contribution in [2.75, 3.05) is 9.80 Å². The number of aromatic nitrogens is 3. The zero-order valence-electron chi connectivity index (χ0n) is 77.0. The Labute approximate surface area is 697 Å². The summed E-state index contributed by atoms with van der Waals surface area (Å²) in [6, 6.07) is 92.6. The third-order valence-electron chi connectivity index (χ3n) is 25.0. The first-order chi connectivity index (χ1) is 59.5. The fourth-order valence-electron chi connectivity index (χ4n) is 18.9. The van der Waals surface area contributed by atoms with Crippen LogP contribution in [-0.2, 0) is 27.1 Å². The Morgan fingerprint density at radius 2 is 0.641 bits per heavy atom. The van der Waals surface area contributed by atoms with Gasteiger partial charge in [-0.15, -0.1) is 0 Å². The van der Waals surface area contributed by atoms with Gasteiger partial charge in [-0.25, -0.2) is 0 Å². The van der Waals surface area contributed by atoms with Crippen molar-refractivity contribution >= 4 is 145 Å². The van der Waals surface area contributed by atoms with Gasteiger partial charge < -0.3 is 27.9 Å². The molecular weight excluding hydrogens is 1420 g/mol. The highest BCUT2D eigenvalue weighted by molar-refractivity contribution is 7.00. The number of para-hydroxylation sites is 3. The molecule has 0 N–H and O–H groups in total. The highest BCUT2D eigenvalue weighted by Gasteiger charge is 2.47. The first-order valence-electron chi connectivity index (χ1n) is 45.1. The summed E-state index contributed by atoms with van der Waals surface area (Å²) in [7, 11) is 0. The zero-order chi connectivity index (χ0) is 87.2. The summed E-state index contributed by atoms with van der Waals surface area (Å²) in [5.74, 6) is 0. The van der Waals surface area contributed by atoms with Gasteiger partial charge in [0.1, 0.15) is 11.2 Å². The number of nitrogens with zero attached hydrogens (tertiary/aromatic N) is 5. The zero-order valence-corrected chi connectivity index (χ0v) is 69.0. The van der Waals surface area contributed by atoms with E-state index in [0.717, 1.165) is 166 Å². The van der Waals surface area contributed by atoms with E-state index in [4.69, 9.17) is 4.42 Å². The lowest BCUT2D eigenvalue weighted by atomic mass is 9.33. The molecule has 0 fully saturated rings. The Bertz CT molecular complexity index is 7580. The number of hydrogen-bond acceptors (Lipinski definition) is 3. The van der Waals surface area contributed by atoms with Crippen molar-refractivity contribution in [3.05, 3.63) is 337 Å². The van der Waals surface area contributed by atoms with Crippen LogP contribution in [0.5, 0.6) is 0 Å². The molecule has 570 valence electrons. The smallest absolute Gasteiger partial charge is 0.252 e. The first-order valence-corrected chi connectivity index (χ1v) is 41.1. The van der Waals surface area contributed by atoms with Gasteiger partial charge in [0.15, 0.2) is 0 Å². The van der Waals surface area contributed by atoms with E-state index in [9.17, 15) is 11.0 Å². The molecule has 15 aromatic carbocycles. The minimum absolute atomic E-state index is 0.00180. The molecule has 6 heterocycles. The number of fused-ring (bicyclic) bond motifs is 16. The lowest BCUT2D eigenvalue weighted by Crippen LogP contribution is -2.61. The first kappa shape index (κ1) is 63.5. The third-order valence-corrected chi connectivity index (χ3v) is 25.0. The average Bonchev–Trinajstić information content (AvgIpc) is 1.30. The molecule has 21 rings (SSSR count). The van der Waals surface area contributed by atoms with Crippen LogP contribution in [0, 0.1) is 0 Å². The summed E-state index contributed by atoms with van der Waals surface area (Å²) in [5, 5.41) is 6.46. The SMILES string of the molecule is [2H]c1c([2H])c([2H])c2c(c1[2H])c1c([2H])c([2H])c([2H])c([2H])c1n2-c1ccc2c(c1)N(c1c(-c3ccccc3)cc(C(C)(C)C)cc1-c1ccccc1)c1cc(-n3c4ccc(C(C)(C)C)cc4c4cc(C(C)(C)C)ccc43)cc3c1B2c1ccc(-n2c4ccc(C(C)(C)C)cc4c4cc(C(C)(C)C)ccc42)cc1N3c1c(-c2ccccc2)ccc2oc3ccccc3c12. The Morgan fingerprint density at radius 1 is 0.274 bits per heavy atom. The van der Waals surface area contributed by atoms with Crippen LogP contribution in [0.25, 0.3) is 138 Å². The molecule has 0 aliphatic carbocycles. The van der Waals surface area contributed by atoms with Crippen molar-refractivity contribution in [2.24, 2.45) is 0 Å². The monoisotopic (exact) mass is 1520 g/mol. The van der Waals surface area contributed by atoms with Gasteiger partial charge in [-0.1, -0.05) is 286 Å². The molecule has 0 bridgehead atoms. The highest BCUT2D eigenvalue weighted by Crippen LogP contribution is 2.56. The molecule has 0 saturated heterocycles. The molecule has 0 spiro atoms. The van der Waals surface area contributed by atoms with E-state index in [2.05, 4.69) is 372 Å². The molecule has 0 saturated carbocycles. The number of rotatable bonds is 8. The molecule has 4 aromatic heterocycles. The molecule has 6 nitrogen and oxygen atoms in total. The van der Waals surface area contributed by atoms with Crippen molar-refractivity contribution in [1.82, 2.24) is 13.7 Å². The number of hydrogen-bond donors (Lipinski definition) is 0. The maximum absolute atomic E-state index is 10.1. The van der Waals surface area contributed by atoms with Gasteiger partial charge in [0, 0.05) is 88.5 Å². The second-order valence-electron chi connectivity index (χ2n) is 37.6. The van der Waals surface area contributed by atoms with Gasteiger partial charge in [0.25, 0.3) is 6.71 Å². The maximum Gasteiger partial charge on any atom is 0.252 e. The van der Waals surface area contributed by atoms with E-state index in [1.807, 2.05) is 12.1 Å². The molecule has 117 heavy (non-hydrogen) atoms. The van der Waals surface area contributed by atoms with E-state index in [1.54, 1.807) is 4.57 Å². The van der Waals surface area contributed by atoms with Gasteiger partial charge >= 0.3 is 0 Å². The minimum Gasteiger partial charge on any atom is -0.456 e. The summed E-state index contributed by atoms with van der Waals surface area (Å²) in [4.78, 5) is 5.07. The molecular formula is C110H96BN5O. The van der Waals surface area contributed by atoms with Crippen LogP contribution in [0.2, 0.25) is 0 Å². The quantitative estimate of drug-likeness (QED) is 0.142. The lowest BCUT2D eigenvalue weighted by molar-refractivity contribution is 0.590. The number of benzene rings is 15. The lowest BCUT2D eigenvalue weighted by Gasteiger charge is -2.46. The van der Waals surface area contributed by atoms with E-state index in [1.165, 1.54) is 22.3 Å².